The first-order valence-electron chi connectivity index (χ1n) is 6.29. The summed E-state index contributed by atoms with van der Waals surface area (Å²) in [7, 11) is 0. The lowest BCUT2D eigenvalue weighted by Gasteiger charge is -2.15. The Morgan fingerprint density at radius 1 is 1.29 bits per heavy atom. The minimum atomic E-state index is -0.674. The van der Waals surface area contributed by atoms with Crippen molar-refractivity contribution in [3.8, 4) is 5.82 Å². The molecule has 3 rings (SSSR count). The second-order valence-electron chi connectivity index (χ2n) is 4.80. The molecule has 3 N–H and O–H groups in total. The molecule has 0 radical (unpaired) electrons. The van der Waals surface area contributed by atoms with Crippen molar-refractivity contribution < 1.29 is 8.78 Å². The van der Waals surface area contributed by atoms with Gasteiger partial charge in [-0.1, -0.05) is 6.07 Å². The standard InChI is InChI=1S/C14H12F2N4O/c1-7(17)11-4-8-2-3-9(15)5-10(8)14(21)20(11)13-6-12(16)18-19-13/h2-7H,17H2,1H3,(H,18,19)/t7-/m0/s1. The highest BCUT2D eigenvalue weighted by atomic mass is 19.1. The fraction of sp³-hybridized carbons (Fsp3) is 0.143. The molecule has 0 bridgehead atoms. The summed E-state index contributed by atoms with van der Waals surface area (Å²) < 4.78 is 27.7. The van der Waals surface area contributed by atoms with Crippen LogP contribution in [0.1, 0.15) is 18.7 Å². The van der Waals surface area contributed by atoms with E-state index in [-0.39, 0.29) is 11.2 Å². The van der Waals surface area contributed by atoms with E-state index in [4.69, 9.17) is 5.73 Å². The normalized spacial score (nSPS) is 12.8. The summed E-state index contributed by atoms with van der Waals surface area (Å²) >= 11 is 0. The number of nitrogens with one attached hydrogen (secondary N) is 1. The van der Waals surface area contributed by atoms with Gasteiger partial charge in [-0.05, 0) is 30.5 Å². The average molecular weight is 290 g/mol. The minimum absolute atomic E-state index is 0.0796. The van der Waals surface area contributed by atoms with Gasteiger partial charge in [0.25, 0.3) is 5.56 Å². The highest BCUT2D eigenvalue weighted by Gasteiger charge is 2.16. The Hall–Kier alpha value is -2.54. The molecule has 7 heteroatoms. The van der Waals surface area contributed by atoms with E-state index in [1.807, 2.05) is 0 Å². The van der Waals surface area contributed by atoms with Crippen LogP contribution >= 0.6 is 0 Å². The Morgan fingerprint density at radius 2 is 2.05 bits per heavy atom. The number of benzene rings is 1. The summed E-state index contributed by atoms with van der Waals surface area (Å²) in [5.41, 5.74) is 5.85. The third kappa shape index (κ3) is 2.21. The van der Waals surface area contributed by atoms with Crippen molar-refractivity contribution in [2.75, 3.05) is 0 Å². The zero-order valence-electron chi connectivity index (χ0n) is 11.1. The largest absolute Gasteiger partial charge is 0.323 e. The highest BCUT2D eigenvalue weighted by molar-refractivity contribution is 5.82. The number of hydrogen-bond acceptors (Lipinski definition) is 3. The fourth-order valence-electron chi connectivity index (χ4n) is 2.28. The summed E-state index contributed by atoms with van der Waals surface area (Å²) in [6.07, 6.45) is 0. The summed E-state index contributed by atoms with van der Waals surface area (Å²) in [5, 5.41) is 6.61. The molecule has 2 heterocycles. The number of pyridine rings is 1. The predicted octanol–water partition coefficient (Wildman–Crippen LogP) is 2.01. The van der Waals surface area contributed by atoms with Crippen molar-refractivity contribution in [1.82, 2.24) is 14.8 Å². The lowest BCUT2D eigenvalue weighted by Crippen LogP contribution is -2.26. The molecule has 21 heavy (non-hydrogen) atoms. The number of nitrogens with two attached hydrogens (primary N) is 1. The van der Waals surface area contributed by atoms with Crippen LogP contribution in [0.2, 0.25) is 0 Å². The molecular weight excluding hydrogens is 278 g/mol. The number of fused-ring (bicyclic) bond motifs is 1. The van der Waals surface area contributed by atoms with E-state index in [2.05, 4.69) is 10.2 Å². The Kier molecular flexibility index (Phi) is 3.06. The van der Waals surface area contributed by atoms with Crippen molar-refractivity contribution in [3.63, 3.8) is 0 Å². The molecule has 0 amide bonds. The van der Waals surface area contributed by atoms with Gasteiger partial charge in [0, 0.05) is 17.8 Å². The quantitative estimate of drug-likeness (QED) is 0.758. The van der Waals surface area contributed by atoms with Crippen molar-refractivity contribution in [2.45, 2.75) is 13.0 Å². The molecule has 1 atom stereocenters. The molecule has 0 aliphatic heterocycles. The first kappa shape index (κ1) is 13.4. The fourth-order valence-corrected chi connectivity index (χ4v) is 2.28. The van der Waals surface area contributed by atoms with Crippen molar-refractivity contribution >= 4 is 10.8 Å². The Balaban J connectivity index is 2.42. The highest BCUT2D eigenvalue weighted by Crippen LogP contribution is 2.20. The smallest absolute Gasteiger partial charge is 0.264 e. The average Bonchev–Trinajstić information content (AvgIpc) is 2.85. The van der Waals surface area contributed by atoms with Crippen LogP contribution in [0.4, 0.5) is 8.78 Å². The van der Waals surface area contributed by atoms with Crippen LogP contribution in [0.5, 0.6) is 0 Å². The molecule has 0 aliphatic carbocycles. The number of nitrogens with zero attached hydrogens (tertiary/aromatic N) is 2. The Morgan fingerprint density at radius 3 is 2.67 bits per heavy atom. The van der Waals surface area contributed by atoms with E-state index in [0.717, 1.165) is 12.1 Å². The molecule has 0 saturated carbocycles. The van der Waals surface area contributed by atoms with E-state index >= 15 is 0 Å². The summed E-state index contributed by atoms with van der Waals surface area (Å²) in [6.45, 7) is 1.70. The van der Waals surface area contributed by atoms with Gasteiger partial charge in [0.1, 0.15) is 5.82 Å². The predicted molar refractivity (Wildman–Crippen MR) is 74.2 cm³/mol. The van der Waals surface area contributed by atoms with Gasteiger partial charge in [-0.2, -0.15) is 9.49 Å². The number of hydrogen-bond donors (Lipinski definition) is 2. The van der Waals surface area contributed by atoms with Crippen LogP contribution in [0, 0.1) is 11.8 Å². The van der Waals surface area contributed by atoms with Crippen molar-refractivity contribution in [1.29, 1.82) is 0 Å². The number of aromatic amines is 1. The summed E-state index contributed by atoms with van der Waals surface area (Å²) in [4.78, 5) is 12.6. The lowest BCUT2D eigenvalue weighted by atomic mass is 10.1. The van der Waals surface area contributed by atoms with E-state index < -0.39 is 23.4 Å². The molecule has 5 nitrogen and oxygen atoms in total. The number of rotatable bonds is 2. The zero-order chi connectivity index (χ0) is 15.1. The molecule has 108 valence electrons. The molecule has 0 aliphatic rings. The molecule has 0 unspecified atom stereocenters. The Labute approximate surface area is 118 Å². The van der Waals surface area contributed by atoms with E-state index in [1.165, 1.54) is 16.7 Å². The lowest BCUT2D eigenvalue weighted by molar-refractivity contribution is 0.579. The molecule has 0 spiro atoms. The van der Waals surface area contributed by atoms with Gasteiger partial charge < -0.3 is 5.73 Å². The zero-order valence-corrected chi connectivity index (χ0v) is 11.1. The van der Waals surface area contributed by atoms with Crippen molar-refractivity contribution in [2.24, 2.45) is 5.73 Å². The third-order valence-electron chi connectivity index (χ3n) is 3.24. The second kappa shape index (κ2) is 4.78. The van der Waals surface area contributed by atoms with Gasteiger partial charge in [-0.15, -0.1) is 0 Å². The SMILES string of the molecule is C[C@H](N)c1cc2ccc(F)cc2c(=O)n1-c1cc(F)[nH]n1. The van der Waals surface area contributed by atoms with E-state index in [0.29, 0.717) is 11.1 Å². The van der Waals surface area contributed by atoms with E-state index in [1.54, 1.807) is 13.0 Å². The van der Waals surface area contributed by atoms with Crippen LogP contribution in [-0.4, -0.2) is 14.8 Å². The first-order valence-corrected chi connectivity index (χ1v) is 6.29. The first-order chi connectivity index (χ1) is 9.97. The van der Waals surface area contributed by atoms with Gasteiger partial charge >= 0.3 is 0 Å². The Bertz CT molecular complexity index is 882. The third-order valence-corrected chi connectivity index (χ3v) is 3.24. The molecule has 2 aromatic heterocycles. The maximum absolute atomic E-state index is 13.4. The topological polar surface area (TPSA) is 76.7 Å². The van der Waals surface area contributed by atoms with Crippen LogP contribution in [0.3, 0.4) is 0 Å². The number of aromatic nitrogens is 3. The van der Waals surface area contributed by atoms with E-state index in [9.17, 15) is 13.6 Å². The molecular formula is C14H12F2N4O. The van der Waals surface area contributed by atoms with Crippen molar-refractivity contribution in [3.05, 3.63) is 58.1 Å². The summed E-state index contributed by atoms with van der Waals surface area (Å²) in [5.74, 6) is -1.12. The van der Waals surface area contributed by atoms with Crippen LogP contribution in [0.25, 0.3) is 16.6 Å². The van der Waals surface area contributed by atoms with Crippen LogP contribution < -0.4 is 11.3 Å². The molecule has 1 aromatic carbocycles. The van der Waals surface area contributed by atoms with Crippen LogP contribution in [0.15, 0.2) is 35.1 Å². The van der Waals surface area contributed by atoms with Gasteiger partial charge in [-0.3, -0.25) is 14.5 Å². The van der Waals surface area contributed by atoms with Crippen LogP contribution in [-0.2, 0) is 0 Å². The van der Waals surface area contributed by atoms with Gasteiger partial charge in [0.15, 0.2) is 5.82 Å². The maximum atomic E-state index is 13.4. The number of halogens is 2. The van der Waals surface area contributed by atoms with Gasteiger partial charge in [0.2, 0.25) is 5.95 Å². The molecule has 0 fully saturated rings. The maximum Gasteiger partial charge on any atom is 0.264 e. The molecule has 0 saturated heterocycles. The minimum Gasteiger partial charge on any atom is -0.323 e. The monoisotopic (exact) mass is 290 g/mol. The van der Waals surface area contributed by atoms with Gasteiger partial charge in [0.05, 0.1) is 5.39 Å². The molecule has 3 aromatic rings. The summed E-state index contributed by atoms with van der Waals surface area (Å²) in [6, 6.07) is 6.19. The van der Waals surface area contributed by atoms with Gasteiger partial charge in [-0.25, -0.2) is 4.39 Å². The second-order valence-corrected chi connectivity index (χ2v) is 4.80. The number of H-pyrrole nitrogens is 1.